The van der Waals surface area contributed by atoms with Crippen LogP contribution in [0.1, 0.15) is 61.8 Å². The van der Waals surface area contributed by atoms with Gasteiger partial charge < -0.3 is 19.4 Å². The maximum atomic E-state index is 11.7. The normalized spacial score (nSPS) is 21.9. The number of amides is 1. The number of alkyl carbamates (subject to hydrolysis) is 1. The largest absolute Gasteiger partial charge is 0.486 e. The third kappa shape index (κ3) is 5.65. The molecule has 22 heavy (non-hydrogen) atoms. The van der Waals surface area contributed by atoms with Gasteiger partial charge in [-0.1, -0.05) is 12.1 Å². The summed E-state index contributed by atoms with van der Waals surface area (Å²) in [5.41, 5.74) is -1.15. The zero-order chi connectivity index (χ0) is 17.2. The molecule has 0 bridgehead atoms. The highest BCUT2D eigenvalue weighted by Crippen LogP contribution is 2.36. The Kier molecular flexibility index (Phi) is 5.74. The zero-order valence-corrected chi connectivity index (χ0v) is 15.1. The van der Waals surface area contributed by atoms with E-state index >= 15 is 0 Å². The monoisotopic (exact) mass is 311 g/mol. The second kappa shape index (κ2) is 6.63. The number of carbonyl (C=O) groups is 1. The average molecular weight is 311 g/mol. The molecule has 1 aliphatic rings. The molecule has 1 rings (SSSR count). The number of carbonyl (C=O) groups excluding carboxylic acids is 1. The molecule has 0 unspecified atom stereocenters. The van der Waals surface area contributed by atoms with Crippen LogP contribution in [0.4, 0.5) is 4.79 Å². The van der Waals surface area contributed by atoms with Crippen LogP contribution in [-0.2, 0) is 14.0 Å². The SMILES string of the molecule is C[C@H](C/C=C/B1OC(C)(C)C(C)(C)O1)NC(=O)OC(C)(C)C. The second-order valence-corrected chi connectivity index (χ2v) is 7.84. The Labute approximate surface area is 134 Å². The lowest BCUT2D eigenvalue weighted by molar-refractivity contribution is 0.00578. The fourth-order valence-corrected chi connectivity index (χ4v) is 1.93. The molecule has 1 atom stereocenters. The van der Waals surface area contributed by atoms with Gasteiger partial charge in [0.15, 0.2) is 0 Å². The predicted octanol–water partition coefficient (Wildman–Crippen LogP) is 3.48. The van der Waals surface area contributed by atoms with Gasteiger partial charge in [0, 0.05) is 6.04 Å². The minimum Gasteiger partial charge on any atom is -0.444 e. The molecule has 0 spiro atoms. The van der Waals surface area contributed by atoms with Gasteiger partial charge in [0.05, 0.1) is 11.2 Å². The zero-order valence-electron chi connectivity index (χ0n) is 15.1. The van der Waals surface area contributed by atoms with Crippen molar-refractivity contribution in [3.63, 3.8) is 0 Å². The number of ether oxygens (including phenoxy) is 1. The van der Waals surface area contributed by atoms with Crippen molar-refractivity contribution >= 4 is 13.2 Å². The van der Waals surface area contributed by atoms with Gasteiger partial charge in [0.25, 0.3) is 0 Å². The molecule has 1 amide bonds. The Balaban J connectivity index is 2.39. The first-order valence-corrected chi connectivity index (χ1v) is 7.84. The van der Waals surface area contributed by atoms with Crippen molar-refractivity contribution in [2.45, 2.75) is 84.7 Å². The molecule has 0 radical (unpaired) electrons. The van der Waals surface area contributed by atoms with Gasteiger partial charge in [-0.25, -0.2) is 4.79 Å². The Morgan fingerprint density at radius 3 is 2.18 bits per heavy atom. The van der Waals surface area contributed by atoms with E-state index in [2.05, 4.69) is 5.32 Å². The lowest BCUT2D eigenvalue weighted by atomic mass is 9.89. The predicted molar refractivity (Wildman–Crippen MR) is 88.7 cm³/mol. The molecule has 1 saturated heterocycles. The highest BCUT2D eigenvalue weighted by atomic mass is 16.7. The van der Waals surface area contributed by atoms with E-state index in [1.54, 1.807) is 0 Å². The van der Waals surface area contributed by atoms with Crippen LogP contribution >= 0.6 is 0 Å². The lowest BCUT2D eigenvalue weighted by Crippen LogP contribution is -2.41. The molecular weight excluding hydrogens is 281 g/mol. The molecule has 6 heteroatoms. The molecule has 0 aliphatic carbocycles. The molecule has 1 N–H and O–H groups in total. The van der Waals surface area contributed by atoms with Crippen molar-refractivity contribution in [1.82, 2.24) is 5.32 Å². The third-order valence-corrected chi connectivity index (χ3v) is 3.82. The van der Waals surface area contributed by atoms with Gasteiger partial charge in [-0.3, -0.25) is 0 Å². The van der Waals surface area contributed by atoms with Crippen molar-refractivity contribution in [2.75, 3.05) is 0 Å². The summed E-state index contributed by atoms with van der Waals surface area (Å²) in [5.74, 6) is 1.89. The molecular formula is C16H30BNO4. The summed E-state index contributed by atoms with van der Waals surface area (Å²) in [6, 6.07) is -0.0199. The molecule has 126 valence electrons. The first kappa shape index (κ1) is 19.0. The van der Waals surface area contributed by atoms with Crippen molar-refractivity contribution in [1.29, 1.82) is 0 Å². The molecule has 0 saturated carbocycles. The van der Waals surface area contributed by atoms with E-state index in [9.17, 15) is 4.79 Å². The summed E-state index contributed by atoms with van der Waals surface area (Å²) in [6.45, 7) is 15.5. The van der Waals surface area contributed by atoms with E-state index in [1.807, 2.05) is 67.4 Å². The maximum absolute atomic E-state index is 11.7. The average Bonchev–Trinajstić information content (AvgIpc) is 2.43. The van der Waals surface area contributed by atoms with Gasteiger partial charge in [-0.15, -0.1) is 0 Å². The minimum atomic E-state index is -0.484. The highest BCUT2D eigenvalue weighted by Gasteiger charge is 2.49. The third-order valence-electron chi connectivity index (χ3n) is 3.82. The maximum Gasteiger partial charge on any atom is 0.486 e. The molecule has 0 aromatic heterocycles. The summed E-state index contributed by atoms with van der Waals surface area (Å²) in [5, 5.41) is 2.80. The van der Waals surface area contributed by atoms with Crippen LogP contribution in [0.5, 0.6) is 0 Å². The standard InChI is InChI=1S/C16H30BNO4/c1-12(18-13(19)20-14(2,3)4)10-9-11-17-21-15(5,6)16(7,8)22-17/h9,11-12H,10H2,1-8H3,(H,18,19)/b11-9+/t12-/m1/s1. The summed E-state index contributed by atoms with van der Waals surface area (Å²) in [7, 11) is -0.348. The van der Waals surface area contributed by atoms with E-state index in [0.717, 1.165) is 0 Å². The van der Waals surface area contributed by atoms with Crippen LogP contribution in [0.25, 0.3) is 0 Å². The summed E-state index contributed by atoms with van der Waals surface area (Å²) in [4.78, 5) is 11.7. The molecule has 1 fully saturated rings. The molecule has 5 nitrogen and oxygen atoms in total. The van der Waals surface area contributed by atoms with Crippen molar-refractivity contribution in [3.8, 4) is 0 Å². The fourth-order valence-electron chi connectivity index (χ4n) is 1.93. The number of nitrogens with one attached hydrogen (secondary N) is 1. The molecule has 1 aliphatic heterocycles. The van der Waals surface area contributed by atoms with Crippen molar-refractivity contribution < 1.29 is 18.8 Å². The topological polar surface area (TPSA) is 56.8 Å². The van der Waals surface area contributed by atoms with Gasteiger partial charge in [-0.2, -0.15) is 0 Å². The fraction of sp³-hybridized carbons (Fsp3) is 0.812. The summed E-state index contributed by atoms with van der Waals surface area (Å²) < 4.78 is 17.0. The van der Waals surface area contributed by atoms with Gasteiger partial charge in [0.2, 0.25) is 0 Å². The Morgan fingerprint density at radius 1 is 1.23 bits per heavy atom. The van der Waals surface area contributed by atoms with Crippen LogP contribution in [-0.4, -0.2) is 36.1 Å². The van der Waals surface area contributed by atoms with E-state index in [-0.39, 0.29) is 24.4 Å². The lowest BCUT2D eigenvalue weighted by Gasteiger charge is -2.32. The number of rotatable bonds is 4. The first-order valence-electron chi connectivity index (χ1n) is 7.84. The summed E-state index contributed by atoms with van der Waals surface area (Å²) in [6.07, 6.45) is 2.25. The smallest absolute Gasteiger partial charge is 0.444 e. The first-order chi connectivity index (χ1) is 9.82. The van der Waals surface area contributed by atoms with E-state index in [4.69, 9.17) is 14.0 Å². The van der Waals surface area contributed by atoms with Crippen LogP contribution < -0.4 is 5.32 Å². The van der Waals surface area contributed by atoms with Crippen molar-refractivity contribution in [2.24, 2.45) is 0 Å². The minimum absolute atomic E-state index is 0.0199. The number of hydrogen-bond donors (Lipinski definition) is 1. The van der Waals surface area contributed by atoms with Crippen LogP contribution in [0.3, 0.4) is 0 Å². The van der Waals surface area contributed by atoms with Crippen LogP contribution in [0.2, 0.25) is 0 Å². The van der Waals surface area contributed by atoms with Crippen molar-refractivity contribution in [3.05, 3.63) is 12.1 Å². The van der Waals surface area contributed by atoms with E-state index in [1.165, 1.54) is 0 Å². The van der Waals surface area contributed by atoms with Crippen LogP contribution in [0.15, 0.2) is 12.1 Å². The quantitative estimate of drug-likeness (QED) is 0.808. The van der Waals surface area contributed by atoms with Gasteiger partial charge >= 0.3 is 13.2 Å². The Morgan fingerprint density at radius 2 is 1.73 bits per heavy atom. The van der Waals surface area contributed by atoms with Gasteiger partial charge in [-0.05, 0) is 61.8 Å². The van der Waals surface area contributed by atoms with Crippen LogP contribution in [0, 0.1) is 0 Å². The highest BCUT2D eigenvalue weighted by molar-refractivity contribution is 6.51. The Bertz CT molecular complexity index is 410. The summed E-state index contributed by atoms with van der Waals surface area (Å²) >= 11 is 0. The van der Waals surface area contributed by atoms with Gasteiger partial charge in [0.1, 0.15) is 5.60 Å². The molecule has 1 heterocycles. The van der Waals surface area contributed by atoms with E-state index < -0.39 is 11.7 Å². The number of hydrogen-bond acceptors (Lipinski definition) is 4. The van der Waals surface area contributed by atoms with E-state index in [0.29, 0.717) is 6.42 Å². The Hall–Kier alpha value is -1.01. The molecule has 0 aromatic carbocycles. The second-order valence-electron chi connectivity index (χ2n) is 7.84. The molecule has 0 aromatic rings.